The van der Waals surface area contributed by atoms with Crippen molar-refractivity contribution in [3.8, 4) is 6.07 Å². The molecule has 0 aromatic heterocycles. The number of nitrogens with one attached hydrogen (secondary N) is 1. The Hall–Kier alpha value is -1.98. The van der Waals surface area contributed by atoms with Gasteiger partial charge in [0, 0.05) is 13.0 Å². The van der Waals surface area contributed by atoms with E-state index in [1.54, 1.807) is 0 Å². The van der Waals surface area contributed by atoms with Crippen molar-refractivity contribution in [1.29, 1.82) is 5.26 Å². The summed E-state index contributed by atoms with van der Waals surface area (Å²) >= 11 is 0. The molecule has 1 rings (SSSR count). The minimum atomic E-state index is -4.02. The normalized spacial score (nSPS) is 11.0. The Labute approximate surface area is 115 Å². The molecular formula is C12H13FN2O4S. The number of rotatable bonds is 7. The van der Waals surface area contributed by atoms with E-state index in [1.165, 1.54) is 0 Å². The molecule has 0 aliphatic rings. The van der Waals surface area contributed by atoms with Crippen LogP contribution in [-0.4, -0.2) is 26.0 Å². The number of nitriles is 1. The van der Waals surface area contributed by atoms with Crippen LogP contribution >= 0.6 is 0 Å². The summed E-state index contributed by atoms with van der Waals surface area (Å²) in [6, 6.07) is 4.53. The zero-order valence-electron chi connectivity index (χ0n) is 10.5. The number of sulfonamides is 1. The topological polar surface area (TPSA) is 107 Å². The lowest BCUT2D eigenvalue weighted by Crippen LogP contribution is -2.25. The molecule has 2 N–H and O–H groups in total. The molecule has 0 amide bonds. The van der Waals surface area contributed by atoms with Crippen LogP contribution in [0.4, 0.5) is 4.39 Å². The highest BCUT2D eigenvalue weighted by molar-refractivity contribution is 7.89. The number of hydrogen-bond donors (Lipinski definition) is 2. The van der Waals surface area contributed by atoms with Gasteiger partial charge in [0.1, 0.15) is 10.7 Å². The number of hydrogen-bond acceptors (Lipinski definition) is 4. The van der Waals surface area contributed by atoms with Crippen molar-refractivity contribution in [1.82, 2.24) is 4.72 Å². The number of carboxylic acids is 1. The molecule has 0 fully saturated rings. The summed E-state index contributed by atoms with van der Waals surface area (Å²) in [6.45, 7) is 0.0874. The third kappa shape index (κ3) is 4.29. The first-order valence-corrected chi connectivity index (χ1v) is 7.26. The average Bonchev–Trinajstić information content (AvgIpc) is 2.37. The Balaban J connectivity index is 2.78. The molecule has 0 radical (unpaired) electrons. The van der Waals surface area contributed by atoms with Crippen LogP contribution in [0.15, 0.2) is 23.1 Å². The van der Waals surface area contributed by atoms with Gasteiger partial charge < -0.3 is 5.11 Å². The molecule has 0 unspecified atom stereocenters. The molecule has 20 heavy (non-hydrogen) atoms. The van der Waals surface area contributed by atoms with Crippen molar-refractivity contribution in [3.05, 3.63) is 29.6 Å². The van der Waals surface area contributed by atoms with Gasteiger partial charge in [-0.05, 0) is 31.0 Å². The van der Waals surface area contributed by atoms with Crippen LogP contribution in [0.2, 0.25) is 0 Å². The predicted octanol–water partition coefficient (Wildman–Crippen LogP) is 1.50. The third-order valence-electron chi connectivity index (χ3n) is 2.48. The van der Waals surface area contributed by atoms with E-state index in [-0.39, 0.29) is 12.1 Å². The number of unbranched alkanes of at least 4 members (excludes halogenated alkanes) is 2. The first-order valence-electron chi connectivity index (χ1n) is 5.78. The van der Waals surface area contributed by atoms with Crippen LogP contribution in [-0.2, 0) is 10.0 Å². The zero-order valence-corrected chi connectivity index (χ0v) is 11.3. The van der Waals surface area contributed by atoms with Crippen molar-refractivity contribution in [3.63, 3.8) is 0 Å². The maximum atomic E-state index is 13.6. The van der Waals surface area contributed by atoms with Gasteiger partial charge in [0.05, 0.1) is 11.6 Å². The van der Waals surface area contributed by atoms with E-state index in [4.69, 9.17) is 10.4 Å². The van der Waals surface area contributed by atoms with Gasteiger partial charge in [-0.15, -0.1) is 0 Å². The monoisotopic (exact) mass is 300 g/mol. The van der Waals surface area contributed by atoms with Crippen molar-refractivity contribution >= 4 is 16.0 Å². The zero-order chi connectivity index (χ0) is 15.2. The summed E-state index contributed by atoms with van der Waals surface area (Å²) in [4.78, 5) is 10.0. The minimum absolute atomic E-state index is 0.0874. The van der Waals surface area contributed by atoms with E-state index in [2.05, 4.69) is 4.72 Å². The lowest BCUT2D eigenvalue weighted by atomic mass is 10.2. The molecule has 1 aromatic rings. The van der Waals surface area contributed by atoms with Crippen LogP contribution in [0.5, 0.6) is 0 Å². The molecule has 0 spiro atoms. The molecule has 0 atom stereocenters. The van der Waals surface area contributed by atoms with Crippen LogP contribution in [0.3, 0.4) is 0 Å². The highest BCUT2D eigenvalue weighted by Gasteiger charge is 2.19. The maximum absolute atomic E-state index is 13.6. The standard InChI is InChI=1S/C12H13FN2O4S/c13-10-8-9(12(16)17)4-5-11(10)20(18,19)15-7-3-1-2-6-14/h4-5,8,15H,1-3,7H2,(H,16,17). The van der Waals surface area contributed by atoms with E-state index in [9.17, 15) is 17.6 Å². The number of halogens is 1. The molecule has 0 saturated heterocycles. The van der Waals surface area contributed by atoms with E-state index >= 15 is 0 Å². The molecule has 108 valence electrons. The Morgan fingerprint density at radius 3 is 2.65 bits per heavy atom. The summed E-state index contributed by atoms with van der Waals surface area (Å²) in [5, 5.41) is 17.0. The smallest absolute Gasteiger partial charge is 0.335 e. The summed E-state index contributed by atoms with van der Waals surface area (Å²) in [7, 11) is -4.02. The van der Waals surface area contributed by atoms with Gasteiger partial charge in [-0.1, -0.05) is 0 Å². The van der Waals surface area contributed by atoms with Crippen molar-refractivity contribution in [2.24, 2.45) is 0 Å². The van der Waals surface area contributed by atoms with Gasteiger partial charge in [-0.3, -0.25) is 0 Å². The number of carboxylic acid groups (broad SMARTS) is 1. The Bertz CT molecular complexity index is 637. The largest absolute Gasteiger partial charge is 0.478 e. The Kier molecular flexibility index (Phi) is 5.61. The van der Waals surface area contributed by atoms with Gasteiger partial charge in [-0.2, -0.15) is 5.26 Å². The summed E-state index contributed by atoms with van der Waals surface area (Å²) in [5.41, 5.74) is -0.324. The summed E-state index contributed by atoms with van der Waals surface area (Å²) in [6.07, 6.45) is 1.32. The third-order valence-corrected chi connectivity index (χ3v) is 3.97. The quantitative estimate of drug-likeness (QED) is 0.742. The summed E-state index contributed by atoms with van der Waals surface area (Å²) < 4.78 is 39.4. The molecule has 0 aliphatic heterocycles. The van der Waals surface area contributed by atoms with Gasteiger partial charge in [-0.25, -0.2) is 22.3 Å². The van der Waals surface area contributed by atoms with E-state index < -0.39 is 26.7 Å². The number of aromatic carboxylic acids is 1. The lowest BCUT2D eigenvalue weighted by Gasteiger charge is -2.07. The molecular weight excluding hydrogens is 287 g/mol. The van der Waals surface area contributed by atoms with Gasteiger partial charge >= 0.3 is 5.97 Å². The molecule has 0 heterocycles. The maximum Gasteiger partial charge on any atom is 0.335 e. The molecule has 0 aliphatic carbocycles. The SMILES string of the molecule is N#CCCCCNS(=O)(=O)c1ccc(C(=O)O)cc1F. The van der Waals surface area contributed by atoms with Crippen LogP contribution in [0.1, 0.15) is 29.6 Å². The first kappa shape index (κ1) is 16.1. The fourth-order valence-electron chi connectivity index (χ4n) is 1.47. The molecule has 0 bridgehead atoms. The average molecular weight is 300 g/mol. The fourth-order valence-corrected chi connectivity index (χ4v) is 2.60. The van der Waals surface area contributed by atoms with Gasteiger partial charge in [0.25, 0.3) is 0 Å². The van der Waals surface area contributed by atoms with Crippen LogP contribution in [0.25, 0.3) is 0 Å². The number of carbonyl (C=O) groups is 1. The highest BCUT2D eigenvalue weighted by atomic mass is 32.2. The Morgan fingerprint density at radius 1 is 1.40 bits per heavy atom. The van der Waals surface area contributed by atoms with E-state index in [0.29, 0.717) is 25.3 Å². The highest BCUT2D eigenvalue weighted by Crippen LogP contribution is 2.16. The second-order valence-electron chi connectivity index (χ2n) is 3.96. The molecule has 6 nitrogen and oxygen atoms in total. The van der Waals surface area contributed by atoms with Crippen LogP contribution < -0.4 is 4.72 Å². The molecule has 0 saturated carbocycles. The lowest BCUT2D eigenvalue weighted by molar-refractivity contribution is 0.0696. The number of nitrogens with zero attached hydrogens (tertiary/aromatic N) is 1. The van der Waals surface area contributed by atoms with E-state index in [0.717, 1.165) is 12.1 Å². The second-order valence-corrected chi connectivity index (χ2v) is 5.70. The van der Waals surface area contributed by atoms with Gasteiger partial charge in [0.2, 0.25) is 10.0 Å². The Morgan fingerprint density at radius 2 is 2.10 bits per heavy atom. The van der Waals surface area contributed by atoms with Crippen LogP contribution in [0, 0.1) is 17.1 Å². The second kappa shape index (κ2) is 6.98. The first-order chi connectivity index (χ1) is 9.38. The predicted molar refractivity (Wildman–Crippen MR) is 68.0 cm³/mol. The molecule has 1 aromatic carbocycles. The van der Waals surface area contributed by atoms with Crippen molar-refractivity contribution in [2.45, 2.75) is 24.2 Å². The fraction of sp³-hybridized carbons (Fsp3) is 0.333. The molecule has 8 heteroatoms. The van der Waals surface area contributed by atoms with E-state index in [1.807, 2.05) is 6.07 Å². The van der Waals surface area contributed by atoms with Gasteiger partial charge in [0.15, 0.2) is 0 Å². The van der Waals surface area contributed by atoms with Crippen molar-refractivity contribution < 1.29 is 22.7 Å². The number of benzene rings is 1. The summed E-state index contributed by atoms with van der Waals surface area (Å²) in [5.74, 6) is -2.45. The van der Waals surface area contributed by atoms with Crippen molar-refractivity contribution in [2.75, 3.05) is 6.54 Å². The minimum Gasteiger partial charge on any atom is -0.478 e.